The molecule has 3 heterocycles. The van der Waals surface area contributed by atoms with Crippen LogP contribution in [-0.2, 0) is 44.5 Å². The number of hydrogen-bond acceptors (Lipinski definition) is 7. The minimum Gasteiger partial charge on any atom is -0.390 e. The summed E-state index contributed by atoms with van der Waals surface area (Å²) in [4.78, 5) is 8.88. The minimum atomic E-state index is -3.83. The first-order chi connectivity index (χ1) is 43.6. The molecule has 9 rings (SSSR count). The molecule has 2 N–H and O–H groups in total. The van der Waals surface area contributed by atoms with Crippen molar-refractivity contribution in [2.75, 3.05) is 0 Å². The molecule has 0 radical (unpaired) electrons. The van der Waals surface area contributed by atoms with E-state index in [0.29, 0.717) is 10.1 Å². The summed E-state index contributed by atoms with van der Waals surface area (Å²) in [6.45, 7) is -14.5. The van der Waals surface area contributed by atoms with Gasteiger partial charge in [-0.25, -0.2) is 9.97 Å². The van der Waals surface area contributed by atoms with Gasteiger partial charge in [0.15, 0.2) is 15.8 Å². The van der Waals surface area contributed by atoms with Gasteiger partial charge < -0.3 is 19.3 Å². The molecule has 0 aliphatic carbocycles. The van der Waals surface area contributed by atoms with E-state index in [1.165, 1.54) is 29.1 Å². The number of rotatable bonds is 18. The fraction of sp³-hybridized carbons (Fsp3) is 0.232. The molecular formula is C56H55BrCl2N8O2. The molecule has 0 spiro atoms. The van der Waals surface area contributed by atoms with Gasteiger partial charge in [-0.2, -0.15) is 0 Å². The van der Waals surface area contributed by atoms with Crippen LogP contribution >= 0.6 is 39.1 Å². The molecule has 0 unspecified atom stereocenters. The van der Waals surface area contributed by atoms with Gasteiger partial charge in [0, 0.05) is 60.5 Å². The molecular weight excluding hydrogens is 967 g/mol. The standard InChI is InChI=1S/C41H37ClN6O.C15H18BrClN2O/c1-2-3-23-38-43-39(42)37(29-49)47(38)28-30-24-26-31(27-25-30)35-21-13-14-22-36(35)40-44-46-48(45-40)41(32-15-7-4-8-16-32,33-17-9-5-10-18-33)34-19-11-6-12-20-34;1-2-3-4-14-18-15(17)13(10-20)19(14)9-11-5-7-12(16)8-6-11/h4-22,24-27,49H,2-3,23,28-29H2,1H3;5-8,20H,2-4,9-10H2,1H3/i1D3,2D2,3D2,13D,14D,21D,22D,23D2,29D2;1D3,2D2,3D2,4D2,10D2. The molecule has 0 saturated heterocycles. The third-order valence-corrected chi connectivity index (χ3v) is 11.6. The Morgan fingerprint density at radius 2 is 1.07 bits per heavy atom. The molecule has 3 aromatic heterocycles. The molecule has 0 bridgehead atoms. The molecule has 6 aromatic carbocycles. The van der Waals surface area contributed by atoms with Crippen molar-refractivity contribution in [3.63, 3.8) is 0 Å². The van der Waals surface area contributed by atoms with Gasteiger partial charge in [0.2, 0.25) is 5.82 Å². The fourth-order valence-corrected chi connectivity index (χ4v) is 8.22. The number of tetrazole rings is 1. The molecule has 0 amide bonds. The molecule has 0 aliphatic rings. The van der Waals surface area contributed by atoms with E-state index in [1.54, 1.807) is 24.3 Å². The van der Waals surface area contributed by atoms with Crippen molar-refractivity contribution in [3.8, 4) is 22.5 Å². The van der Waals surface area contributed by atoms with Gasteiger partial charge in [0.1, 0.15) is 11.6 Å². The van der Waals surface area contributed by atoms with E-state index < -0.39 is 135 Å². The number of aromatic nitrogens is 8. The maximum Gasteiger partial charge on any atom is 0.205 e. The van der Waals surface area contributed by atoms with Crippen LogP contribution in [0.4, 0.5) is 0 Å². The molecule has 0 aliphatic heterocycles. The summed E-state index contributed by atoms with van der Waals surface area (Å²) in [6.07, 6.45) is -21.9. The third-order valence-electron chi connectivity index (χ3n) is 10.6. The Labute approximate surface area is 458 Å². The summed E-state index contributed by atoms with van der Waals surface area (Å²) in [5, 5.41) is 32.8. The van der Waals surface area contributed by atoms with Crippen LogP contribution in [0.5, 0.6) is 0 Å². The highest BCUT2D eigenvalue weighted by molar-refractivity contribution is 9.10. The number of imidazole rings is 2. The first kappa shape index (κ1) is 26.1. The second-order valence-electron chi connectivity index (χ2n) is 14.6. The van der Waals surface area contributed by atoms with E-state index in [2.05, 4.69) is 36.2 Å². The van der Waals surface area contributed by atoms with E-state index in [4.69, 9.17) is 63.9 Å². The Kier molecular flexibility index (Phi) is 8.86. The molecule has 0 atom stereocenters. The van der Waals surface area contributed by atoms with Crippen molar-refractivity contribution in [1.29, 1.82) is 0 Å². The molecule has 69 heavy (non-hydrogen) atoms. The zero-order chi connectivity index (χ0) is 71.0. The molecule has 13 heteroatoms. The SMILES string of the molecule is [2H]C([2H])(O)c1c(Cl)nc(C([2H])([2H])C([2H])([2H])C([2H])([2H])C([2H])([2H])[2H])n1Cc1ccc(Br)cc1.[2H]c1c([2H])c([2H])c(-c2nnn(C(c3ccccc3)(c3ccccc3)c3ccccc3)n2)c(-c2ccc(Cn3c(C([2H])([2H])C([2H])([2H])C([2H])([2H])C([2H])([2H])[2H])nc(Cl)c3C([2H])([2H])O)cc2)c1[2H]. The summed E-state index contributed by atoms with van der Waals surface area (Å²) in [5.41, 5.74) is 0.375. The van der Waals surface area contributed by atoms with E-state index in [0.717, 1.165) is 25.7 Å². The van der Waals surface area contributed by atoms with Gasteiger partial charge in [-0.3, -0.25) is 0 Å². The lowest BCUT2D eigenvalue weighted by Crippen LogP contribution is -2.39. The Morgan fingerprint density at radius 1 is 0.623 bits per heavy atom. The normalized spacial score (nSPS) is 19.0. The predicted molar refractivity (Wildman–Crippen MR) is 279 cm³/mol. The Morgan fingerprint density at radius 3 is 1.52 bits per heavy atom. The summed E-state index contributed by atoms with van der Waals surface area (Å²) in [7, 11) is 0. The van der Waals surface area contributed by atoms with Gasteiger partial charge >= 0.3 is 0 Å². The summed E-state index contributed by atoms with van der Waals surface area (Å²) in [5.74, 6) is -2.02. The van der Waals surface area contributed by atoms with Crippen molar-refractivity contribution in [3.05, 3.63) is 229 Å². The number of aryl methyl sites for hydroxylation is 2. The topological polar surface area (TPSA) is 120 Å². The molecule has 10 nitrogen and oxygen atoms in total. The van der Waals surface area contributed by atoms with Crippen LogP contribution in [0.25, 0.3) is 22.5 Å². The van der Waals surface area contributed by atoms with Gasteiger partial charge in [0.25, 0.3) is 0 Å². The summed E-state index contributed by atoms with van der Waals surface area (Å²) < 4.78 is 212. The highest BCUT2D eigenvalue weighted by Crippen LogP contribution is 2.40. The van der Waals surface area contributed by atoms with Crippen molar-refractivity contribution in [2.45, 2.75) is 83.7 Å². The average molecular weight is 1050 g/mol. The number of nitrogens with zero attached hydrogens (tertiary/aromatic N) is 8. The van der Waals surface area contributed by atoms with Gasteiger partial charge in [-0.1, -0.05) is 217 Å². The zero-order valence-corrected chi connectivity index (χ0v) is 38.9. The smallest absolute Gasteiger partial charge is 0.205 e. The Hall–Kier alpha value is -6.21. The van der Waals surface area contributed by atoms with Gasteiger partial charge in [0.05, 0.1) is 35.5 Å². The van der Waals surface area contributed by atoms with E-state index in [9.17, 15) is 10.2 Å². The number of benzene rings is 6. The molecule has 9 aromatic rings. The van der Waals surface area contributed by atoms with Crippen molar-refractivity contribution in [1.82, 2.24) is 39.3 Å². The van der Waals surface area contributed by atoms with Crippen LogP contribution in [0.15, 0.2) is 168 Å². The molecule has 0 saturated carbocycles. The first-order valence-electron chi connectivity index (χ1n) is 33.5. The fourth-order valence-electron chi connectivity index (χ4n) is 7.50. The highest BCUT2D eigenvalue weighted by Gasteiger charge is 2.41. The maximum absolute atomic E-state index is 10.5. The van der Waals surface area contributed by atoms with Crippen LogP contribution in [0.1, 0.15) is 126 Å². The first-order valence-corrected chi connectivity index (χ1v) is 22.1. The van der Waals surface area contributed by atoms with Crippen molar-refractivity contribution < 1.29 is 45.9 Å². The number of aliphatic hydroxyl groups is 2. The van der Waals surface area contributed by atoms with E-state index in [1.807, 2.05) is 91.0 Å². The third kappa shape index (κ3) is 11.0. The lowest BCUT2D eigenvalue weighted by Gasteiger charge is -2.34. The predicted octanol–water partition coefficient (Wildman–Crippen LogP) is 12.8. The maximum atomic E-state index is 10.5. The lowest BCUT2D eigenvalue weighted by molar-refractivity contribution is 0.271. The summed E-state index contributed by atoms with van der Waals surface area (Å²) >= 11 is 15.4. The van der Waals surface area contributed by atoms with Crippen LogP contribution in [-0.4, -0.2) is 49.5 Å². The molecule has 0 fully saturated rings. The van der Waals surface area contributed by atoms with Crippen molar-refractivity contribution in [2.24, 2.45) is 0 Å². The van der Waals surface area contributed by atoms with Crippen LogP contribution in [0.2, 0.25) is 10.3 Å². The minimum absolute atomic E-state index is 0.0167. The second-order valence-corrected chi connectivity index (χ2v) is 16.2. The average Bonchev–Trinajstić information content (AvgIpc) is 1.61. The number of halogens is 3. The van der Waals surface area contributed by atoms with E-state index in [-0.39, 0.29) is 34.6 Å². The zero-order valence-electron chi connectivity index (χ0n) is 61.8. The Balaban J connectivity index is 0.000000313. The number of hydrogen-bond donors (Lipinski definition) is 2. The second kappa shape index (κ2) is 23.4. The van der Waals surface area contributed by atoms with Crippen LogP contribution in [0, 0.1) is 0 Å². The monoisotopic (exact) mass is 1050 g/mol. The largest absolute Gasteiger partial charge is 0.390 e. The van der Waals surface area contributed by atoms with Crippen molar-refractivity contribution >= 4 is 39.1 Å². The Bertz CT molecular complexity index is 4140. The van der Waals surface area contributed by atoms with Gasteiger partial charge in [-0.05, 0) is 69.0 Å². The van der Waals surface area contributed by atoms with Crippen LogP contribution in [0.3, 0.4) is 0 Å². The quantitative estimate of drug-likeness (QED) is 0.0821. The van der Waals surface area contributed by atoms with E-state index >= 15 is 0 Å². The van der Waals surface area contributed by atoms with Gasteiger partial charge in [-0.15, -0.1) is 15.0 Å². The lowest BCUT2D eigenvalue weighted by atomic mass is 9.77. The summed E-state index contributed by atoms with van der Waals surface area (Å²) in [6, 6.07) is 38.6. The molecule has 352 valence electrons. The highest BCUT2D eigenvalue weighted by atomic mass is 79.9. The van der Waals surface area contributed by atoms with Crippen LogP contribution < -0.4 is 0 Å².